The van der Waals surface area contributed by atoms with Crippen molar-refractivity contribution >= 4 is 17.4 Å². The van der Waals surface area contributed by atoms with Gasteiger partial charge in [0.2, 0.25) is 0 Å². The minimum Gasteiger partial charge on any atom is -0.504 e. The van der Waals surface area contributed by atoms with E-state index in [1.165, 1.54) is 17.0 Å². The van der Waals surface area contributed by atoms with Gasteiger partial charge in [0.1, 0.15) is 0 Å². The van der Waals surface area contributed by atoms with Gasteiger partial charge in [-0.05, 0) is 37.0 Å². The quantitative estimate of drug-likeness (QED) is 0.439. The first-order valence-electron chi connectivity index (χ1n) is 8.67. The van der Waals surface area contributed by atoms with E-state index in [-0.39, 0.29) is 34.9 Å². The molecule has 0 bridgehead atoms. The maximum absolute atomic E-state index is 13.0. The van der Waals surface area contributed by atoms with Gasteiger partial charge < -0.3 is 20.2 Å². The number of rotatable bonds is 3. The van der Waals surface area contributed by atoms with Crippen LogP contribution in [0.2, 0.25) is 0 Å². The molecule has 1 heterocycles. The Morgan fingerprint density at radius 3 is 2.46 bits per heavy atom. The molecule has 26 heavy (non-hydrogen) atoms. The Morgan fingerprint density at radius 1 is 1.12 bits per heavy atom. The largest absolute Gasteiger partial charge is 0.504 e. The summed E-state index contributed by atoms with van der Waals surface area (Å²) in [7, 11) is 0. The van der Waals surface area contributed by atoms with Crippen molar-refractivity contribution in [2.45, 2.75) is 38.5 Å². The van der Waals surface area contributed by atoms with Gasteiger partial charge in [-0.25, -0.2) is 4.79 Å². The summed E-state index contributed by atoms with van der Waals surface area (Å²) in [6.45, 7) is 0.607. The number of hydrogen-bond acceptors (Lipinski definition) is 4. The van der Waals surface area contributed by atoms with Crippen LogP contribution in [0.25, 0.3) is 5.57 Å². The van der Waals surface area contributed by atoms with Gasteiger partial charge in [-0.15, -0.1) is 6.42 Å². The summed E-state index contributed by atoms with van der Waals surface area (Å²) in [4.78, 5) is 26.5. The molecule has 1 fully saturated rings. The second kappa shape index (κ2) is 8.95. The number of carbonyl (C=O) groups is 2. The van der Waals surface area contributed by atoms with Crippen molar-refractivity contribution in [3.8, 4) is 23.8 Å². The van der Waals surface area contributed by atoms with Crippen LogP contribution in [0.5, 0.6) is 11.5 Å². The fourth-order valence-electron chi connectivity index (χ4n) is 3.13. The molecule has 0 saturated carbocycles. The molecule has 0 radical (unpaired) electrons. The minimum atomic E-state index is -1.25. The van der Waals surface area contributed by atoms with Gasteiger partial charge in [0.05, 0.1) is 12.1 Å². The van der Waals surface area contributed by atoms with Gasteiger partial charge in [-0.1, -0.05) is 31.2 Å². The Labute approximate surface area is 152 Å². The Balaban J connectivity index is 2.57. The summed E-state index contributed by atoms with van der Waals surface area (Å²) < 4.78 is 0. The molecular formula is C20H23NO5. The second-order valence-electron chi connectivity index (χ2n) is 6.31. The Morgan fingerprint density at radius 2 is 1.81 bits per heavy atom. The Kier molecular flexibility index (Phi) is 6.67. The molecule has 0 atom stereocenters. The summed E-state index contributed by atoms with van der Waals surface area (Å²) in [5, 5.41) is 29.0. The number of terminal acetylenes is 1. The molecule has 1 saturated heterocycles. The SMILES string of the molecule is C#CCN1CCCCCCC/C(=C(/C(=O)O)c2ccc(O)c(O)c2)C1=O. The van der Waals surface area contributed by atoms with Crippen molar-refractivity contribution in [3.63, 3.8) is 0 Å². The van der Waals surface area contributed by atoms with Gasteiger partial charge in [-0.3, -0.25) is 4.79 Å². The fraction of sp³-hybridized carbons (Fsp3) is 0.400. The van der Waals surface area contributed by atoms with Gasteiger partial charge in [0.25, 0.3) is 5.91 Å². The van der Waals surface area contributed by atoms with Crippen LogP contribution >= 0.6 is 0 Å². The standard InChI is InChI=1S/C20H23NO5/c1-2-11-21-12-7-5-3-4-6-8-15(19(21)24)18(20(25)26)14-9-10-16(22)17(23)13-14/h1,9-10,13,22-23H,3-8,11-12H2,(H,25,26)/b18-15-. The van der Waals surface area contributed by atoms with Crippen LogP contribution in [0.3, 0.4) is 0 Å². The third-order valence-electron chi connectivity index (χ3n) is 4.46. The van der Waals surface area contributed by atoms with E-state index in [4.69, 9.17) is 6.42 Å². The summed E-state index contributed by atoms with van der Waals surface area (Å²) in [5.41, 5.74) is 0.196. The van der Waals surface area contributed by atoms with Crippen molar-refractivity contribution < 1.29 is 24.9 Å². The predicted molar refractivity (Wildman–Crippen MR) is 97.4 cm³/mol. The molecule has 3 N–H and O–H groups in total. The van der Waals surface area contributed by atoms with Gasteiger partial charge in [0, 0.05) is 12.1 Å². The molecule has 1 aromatic carbocycles. The zero-order valence-electron chi connectivity index (χ0n) is 14.6. The van der Waals surface area contributed by atoms with Crippen LogP contribution in [-0.4, -0.2) is 45.2 Å². The lowest BCUT2D eigenvalue weighted by Crippen LogP contribution is -2.34. The summed E-state index contributed by atoms with van der Waals surface area (Å²) in [6, 6.07) is 3.74. The number of hydrogen-bond donors (Lipinski definition) is 3. The second-order valence-corrected chi connectivity index (χ2v) is 6.31. The molecule has 0 aliphatic carbocycles. The summed E-state index contributed by atoms with van der Waals surface area (Å²) >= 11 is 0. The molecular weight excluding hydrogens is 334 g/mol. The third kappa shape index (κ3) is 4.57. The van der Waals surface area contributed by atoms with Gasteiger partial charge >= 0.3 is 5.97 Å². The molecule has 6 heteroatoms. The lowest BCUT2D eigenvalue weighted by molar-refractivity contribution is -0.131. The summed E-state index contributed by atoms with van der Waals surface area (Å²) in [5.74, 6) is 0.0381. The van der Waals surface area contributed by atoms with E-state index in [9.17, 15) is 24.9 Å². The lowest BCUT2D eigenvalue weighted by Gasteiger charge is -2.24. The number of carbonyl (C=O) groups excluding carboxylic acids is 1. The van der Waals surface area contributed by atoms with E-state index in [1.807, 2.05) is 0 Å². The number of amides is 1. The number of aliphatic carboxylic acids is 1. The molecule has 1 amide bonds. The van der Waals surface area contributed by atoms with Crippen molar-refractivity contribution in [1.82, 2.24) is 4.90 Å². The average Bonchev–Trinajstić information content (AvgIpc) is 2.60. The van der Waals surface area contributed by atoms with Crippen LogP contribution in [0.1, 0.15) is 44.1 Å². The minimum absolute atomic E-state index is 0.121. The van der Waals surface area contributed by atoms with Crippen LogP contribution in [0.15, 0.2) is 23.8 Å². The van der Waals surface area contributed by atoms with Crippen molar-refractivity contribution in [3.05, 3.63) is 29.3 Å². The Bertz CT molecular complexity index is 760. The first-order chi connectivity index (χ1) is 12.5. The highest BCUT2D eigenvalue weighted by molar-refractivity contribution is 6.22. The van der Waals surface area contributed by atoms with Crippen LogP contribution in [0.4, 0.5) is 0 Å². The lowest BCUT2D eigenvalue weighted by atomic mass is 9.93. The van der Waals surface area contributed by atoms with E-state index >= 15 is 0 Å². The molecule has 1 aromatic rings. The van der Waals surface area contributed by atoms with E-state index in [0.29, 0.717) is 19.4 Å². The van der Waals surface area contributed by atoms with Crippen molar-refractivity contribution in [2.24, 2.45) is 0 Å². The van der Waals surface area contributed by atoms with Crippen molar-refractivity contribution in [2.75, 3.05) is 13.1 Å². The molecule has 0 aromatic heterocycles. The number of phenolic OH excluding ortho intramolecular Hbond substituents is 2. The maximum atomic E-state index is 13.0. The molecule has 0 unspecified atom stereocenters. The molecule has 6 nitrogen and oxygen atoms in total. The molecule has 1 aliphatic heterocycles. The smallest absolute Gasteiger partial charge is 0.336 e. The van der Waals surface area contributed by atoms with Crippen LogP contribution in [-0.2, 0) is 9.59 Å². The molecule has 138 valence electrons. The van der Waals surface area contributed by atoms with Crippen LogP contribution in [0, 0.1) is 12.3 Å². The zero-order chi connectivity index (χ0) is 19.1. The molecule has 2 rings (SSSR count). The van der Waals surface area contributed by atoms with E-state index < -0.39 is 11.7 Å². The highest BCUT2D eigenvalue weighted by Gasteiger charge is 2.26. The number of phenols is 2. The van der Waals surface area contributed by atoms with Gasteiger partial charge in [0.15, 0.2) is 11.5 Å². The maximum Gasteiger partial charge on any atom is 0.336 e. The number of benzene rings is 1. The van der Waals surface area contributed by atoms with E-state index in [2.05, 4.69) is 5.92 Å². The summed E-state index contributed by atoms with van der Waals surface area (Å²) in [6.07, 6.45) is 10.2. The molecule has 0 spiro atoms. The first-order valence-corrected chi connectivity index (χ1v) is 8.67. The van der Waals surface area contributed by atoms with Gasteiger partial charge in [-0.2, -0.15) is 0 Å². The van der Waals surface area contributed by atoms with Crippen LogP contribution < -0.4 is 0 Å². The topological polar surface area (TPSA) is 98.1 Å². The number of carboxylic acid groups (broad SMARTS) is 1. The Hall–Kier alpha value is -2.94. The van der Waals surface area contributed by atoms with E-state index in [1.54, 1.807) is 0 Å². The fourth-order valence-corrected chi connectivity index (χ4v) is 3.13. The number of aromatic hydroxyl groups is 2. The first kappa shape index (κ1) is 19.4. The highest BCUT2D eigenvalue weighted by atomic mass is 16.4. The number of carboxylic acids is 1. The predicted octanol–water partition coefficient (Wildman–Crippen LogP) is 2.75. The van der Waals surface area contributed by atoms with Crippen molar-refractivity contribution in [1.29, 1.82) is 0 Å². The normalized spacial score (nSPS) is 18.1. The third-order valence-corrected chi connectivity index (χ3v) is 4.46. The molecule has 1 aliphatic rings. The monoisotopic (exact) mass is 357 g/mol. The average molecular weight is 357 g/mol. The van der Waals surface area contributed by atoms with E-state index in [0.717, 1.165) is 31.7 Å². The highest BCUT2D eigenvalue weighted by Crippen LogP contribution is 2.32. The number of nitrogens with zero attached hydrogens (tertiary/aromatic N) is 1. The zero-order valence-corrected chi connectivity index (χ0v) is 14.6.